The van der Waals surface area contributed by atoms with E-state index in [1.165, 1.54) is 12.1 Å². The van der Waals surface area contributed by atoms with Crippen LogP contribution in [0.5, 0.6) is 0 Å². The van der Waals surface area contributed by atoms with Crippen LogP contribution in [0.4, 0.5) is 5.69 Å². The van der Waals surface area contributed by atoms with Gasteiger partial charge in [-0.15, -0.1) is 0 Å². The fraction of sp³-hybridized carbons (Fsp3) is 0.150. The molecule has 0 unspecified atom stereocenters. The number of amides is 1. The van der Waals surface area contributed by atoms with Crippen LogP contribution >= 0.6 is 11.6 Å². The molecule has 154 valence electrons. The largest absolute Gasteiger partial charge is 0.458 e. The maximum absolute atomic E-state index is 12.1. The zero-order valence-electron chi connectivity index (χ0n) is 15.8. The molecule has 3 aromatic rings. The number of nitro benzene ring substituents is 1. The van der Waals surface area contributed by atoms with Crippen LogP contribution in [0.15, 0.2) is 52.9 Å². The van der Waals surface area contributed by atoms with Crippen LogP contribution in [-0.2, 0) is 16.1 Å². The van der Waals surface area contributed by atoms with Crippen LogP contribution < -0.4 is 5.32 Å². The Bertz CT molecular complexity index is 1100. The van der Waals surface area contributed by atoms with Crippen LogP contribution in [0.2, 0.25) is 5.02 Å². The zero-order valence-corrected chi connectivity index (χ0v) is 16.5. The van der Waals surface area contributed by atoms with Crippen LogP contribution in [0.25, 0.3) is 11.5 Å². The normalized spacial score (nSPS) is 10.5. The molecule has 0 atom stereocenters. The molecular formula is C20H16ClN3O6. The summed E-state index contributed by atoms with van der Waals surface area (Å²) in [5, 5.41) is 13.2. The molecule has 30 heavy (non-hydrogen) atoms. The van der Waals surface area contributed by atoms with E-state index in [2.05, 4.69) is 10.3 Å². The first-order valence-corrected chi connectivity index (χ1v) is 9.12. The van der Waals surface area contributed by atoms with E-state index in [4.69, 9.17) is 20.8 Å². The van der Waals surface area contributed by atoms with E-state index in [9.17, 15) is 19.7 Å². The molecule has 1 heterocycles. The molecule has 2 aromatic carbocycles. The second-order valence-corrected chi connectivity index (χ2v) is 6.56. The molecule has 0 bridgehead atoms. The first-order chi connectivity index (χ1) is 14.3. The van der Waals surface area contributed by atoms with Crippen molar-refractivity contribution in [3.63, 3.8) is 0 Å². The summed E-state index contributed by atoms with van der Waals surface area (Å²) in [5.41, 5.74) is 0.853. The summed E-state index contributed by atoms with van der Waals surface area (Å²) in [5.74, 6) is -0.442. The van der Waals surface area contributed by atoms with Crippen molar-refractivity contribution in [1.29, 1.82) is 0 Å². The van der Waals surface area contributed by atoms with E-state index in [0.29, 0.717) is 17.3 Å². The lowest BCUT2D eigenvalue weighted by Gasteiger charge is -2.06. The maximum atomic E-state index is 12.1. The van der Waals surface area contributed by atoms with E-state index in [-0.39, 0.29) is 17.2 Å². The molecule has 1 aromatic heterocycles. The molecule has 0 fully saturated rings. The lowest BCUT2D eigenvalue weighted by Crippen LogP contribution is -2.30. The van der Waals surface area contributed by atoms with Crippen LogP contribution in [0.1, 0.15) is 21.8 Å². The third kappa shape index (κ3) is 5.00. The monoisotopic (exact) mass is 429 g/mol. The smallest absolute Gasteiger partial charge is 0.325 e. The maximum Gasteiger partial charge on any atom is 0.325 e. The standard InChI is InChI=1S/C20H16ClN3O6/c1-12-16(23-20(30-12)13-5-3-2-4-6-13)11-29-18(25)10-22-19(26)14-7-8-15(21)17(9-14)24(27)28/h2-9H,10-11H2,1H3,(H,22,26). The number of hydrogen-bond acceptors (Lipinski definition) is 7. The fourth-order valence-corrected chi connectivity index (χ4v) is 2.70. The van der Waals surface area contributed by atoms with Crippen molar-refractivity contribution in [3.8, 4) is 11.5 Å². The Hall–Kier alpha value is -3.72. The summed E-state index contributed by atoms with van der Waals surface area (Å²) < 4.78 is 10.7. The van der Waals surface area contributed by atoms with Gasteiger partial charge in [0.2, 0.25) is 5.89 Å². The molecule has 0 saturated carbocycles. The number of carbonyl (C=O) groups excluding carboxylic acids is 2. The summed E-state index contributed by atoms with van der Waals surface area (Å²) in [4.78, 5) is 38.6. The highest BCUT2D eigenvalue weighted by Crippen LogP contribution is 2.25. The number of ether oxygens (including phenoxy) is 1. The van der Waals surface area contributed by atoms with E-state index < -0.39 is 29.0 Å². The Morgan fingerprint density at radius 1 is 1.23 bits per heavy atom. The fourth-order valence-electron chi connectivity index (χ4n) is 2.51. The molecule has 0 radical (unpaired) electrons. The highest BCUT2D eigenvalue weighted by molar-refractivity contribution is 6.32. The van der Waals surface area contributed by atoms with Gasteiger partial charge in [0.1, 0.15) is 29.6 Å². The van der Waals surface area contributed by atoms with Crippen molar-refractivity contribution < 1.29 is 23.7 Å². The zero-order chi connectivity index (χ0) is 21.7. The first kappa shape index (κ1) is 21.0. The van der Waals surface area contributed by atoms with Crippen molar-refractivity contribution in [2.24, 2.45) is 0 Å². The number of nitrogens with one attached hydrogen (secondary N) is 1. The van der Waals surface area contributed by atoms with Crippen LogP contribution in [0.3, 0.4) is 0 Å². The summed E-state index contributed by atoms with van der Waals surface area (Å²) in [7, 11) is 0. The average Bonchev–Trinajstić information content (AvgIpc) is 3.11. The van der Waals surface area contributed by atoms with Crippen LogP contribution in [0, 0.1) is 17.0 Å². The van der Waals surface area contributed by atoms with Crippen molar-refractivity contribution in [3.05, 3.63) is 80.7 Å². The summed E-state index contributed by atoms with van der Waals surface area (Å²) >= 11 is 5.72. The van der Waals surface area contributed by atoms with Gasteiger partial charge in [0.25, 0.3) is 11.6 Å². The molecule has 0 aliphatic heterocycles. The van der Waals surface area contributed by atoms with Gasteiger partial charge >= 0.3 is 5.97 Å². The Morgan fingerprint density at radius 2 is 1.97 bits per heavy atom. The second-order valence-electron chi connectivity index (χ2n) is 6.15. The van der Waals surface area contributed by atoms with Gasteiger partial charge in [0.15, 0.2) is 0 Å². The van der Waals surface area contributed by atoms with Gasteiger partial charge < -0.3 is 14.5 Å². The van der Waals surface area contributed by atoms with Gasteiger partial charge in [-0.3, -0.25) is 19.7 Å². The first-order valence-electron chi connectivity index (χ1n) is 8.74. The number of halogens is 1. The molecule has 0 spiro atoms. The molecule has 10 heteroatoms. The molecule has 3 rings (SSSR count). The molecule has 0 aliphatic rings. The highest BCUT2D eigenvalue weighted by atomic mass is 35.5. The lowest BCUT2D eigenvalue weighted by molar-refractivity contribution is -0.384. The van der Waals surface area contributed by atoms with Crippen molar-refractivity contribution in [2.75, 3.05) is 6.54 Å². The number of aryl methyl sites for hydroxylation is 1. The number of hydrogen-bond donors (Lipinski definition) is 1. The Morgan fingerprint density at radius 3 is 2.67 bits per heavy atom. The van der Waals surface area contributed by atoms with Crippen molar-refractivity contribution in [1.82, 2.24) is 10.3 Å². The van der Waals surface area contributed by atoms with E-state index in [0.717, 1.165) is 11.6 Å². The number of nitro groups is 1. The van der Waals surface area contributed by atoms with Gasteiger partial charge in [0.05, 0.1) is 4.92 Å². The minimum Gasteiger partial charge on any atom is -0.458 e. The summed E-state index contributed by atoms with van der Waals surface area (Å²) in [6.45, 7) is 1.17. The topological polar surface area (TPSA) is 125 Å². The number of carbonyl (C=O) groups is 2. The Labute approximate surface area is 175 Å². The highest BCUT2D eigenvalue weighted by Gasteiger charge is 2.18. The number of oxazole rings is 1. The lowest BCUT2D eigenvalue weighted by atomic mass is 10.2. The van der Waals surface area contributed by atoms with Gasteiger partial charge in [-0.05, 0) is 31.2 Å². The van der Waals surface area contributed by atoms with Gasteiger partial charge in [-0.2, -0.15) is 0 Å². The SMILES string of the molecule is Cc1oc(-c2ccccc2)nc1COC(=O)CNC(=O)c1ccc(Cl)c([N+](=O)[O-])c1. The number of nitrogens with zero attached hydrogens (tertiary/aromatic N) is 2. The molecule has 9 nitrogen and oxygen atoms in total. The predicted octanol–water partition coefficient (Wildman–Crippen LogP) is 3.68. The van der Waals surface area contributed by atoms with Gasteiger partial charge in [0, 0.05) is 17.2 Å². The van der Waals surface area contributed by atoms with Crippen molar-refractivity contribution >= 4 is 29.2 Å². The summed E-state index contributed by atoms with van der Waals surface area (Å²) in [6, 6.07) is 12.9. The second kappa shape index (κ2) is 9.19. The molecular weight excluding hydrogens is 414 g/mol. The van der Waals surface area contributed by atoms with E-state index in [1.807, 2.05) is 30.3 Å². The summed E-state index contributed by atoms with van der Waals surface area (Å²) in [6.07, 6.45) is 0. The predicted molar refractivity (Wildman–Crippen MR) is 107 cm³/mol. The molecule has 0 saturated heterocycles. The molecule has 1 amide bonds. The Balaban J connectivity index is 1.54. The third-order valence-corrected chi connectivity index (χ3v) is 4.40. The molecule has 1 N–H and O–H groups in total. The number of aromatic nitrogens is 1. The van der Waals surface area contributed by atoms with E-state index >= 15 is 0 Å². The number of benzene rings is 2. The molecule has 0 aliphatic carbocycles. The van der Waals surface area contributed by atoms with Crippen molar-refractivity contribution in [2.45, 2.75) is 13.5 Å². The van der Waals surface area contributed by atoms with Crippen LogP contribution in [-0.4, -0.2) is 28.3 Å². The average molecular weight is 430 g/mol. The quantitative estimate of drug-likeness (QED) is 0.345. The minimum atomic E-state index is -0.699. The Kier molecular flexibility index (Phi) is 6.43. The van der Waals surface area contributed by atoms with E-state index in [1.54, 1.807) is 6.92 Å². The van der Waals surface area contributed by atoms with Gasteiger partial charge in [-0.25, -0.2) is 4.98 Å². The minimum absolute atomic E-state index is 0.00116. The van der Waals surface area contributed by atoms with Gasteiger partial charge in [-0.1, -0.05) is 29.8 Å². The number of rotatable bonds is 7. The number of esters is 1. The third-order valence-electron chi connectivity index (χ3n) is 4.08.